The molecule has 5 aromatic rings. The summed E-state index contributed by atoms with van der Waals surface area (Å²) in [6, 6.07) is 25.3. The molecule has 0 amide bonds. The molecular formula is C35H33N7O7. The third-order valence-electron chi connectivity index (χ3n) is 7.28. The topological polar surface area (TPSA) is 203 Å². The lowest BCUT2D eigenvalue weighted by molar-refractivity contribution is 0.0679. The second-order valence-corrected chi connectivity index (χ2v) is 11.1. The van der Waals surface area contributed by atoms with Crippen molar-refractivity contribution in [2.75, 3.05) is 0 Å². The highest BCUT2D eigenvalue weighted by molar-refractivity contribution is 5.86. The summed E-state index contributed by atoms with van der Waals surface area (Å²) in [4.78, 5) is 60.8. The molecule has 4 N–H and O–H groups in total. The fourth-order valence-electron chi connectivity index (χ4n) is 5.18. The molecule has 0 aliphatic heterocycles. The van der Waals surface area contributed by atoms with E-state index in [1.165, 1.54) is 18.2 Å². The van der Waals surface area contributed by atoms with Crippen LogP contribution >= 0.6 is 0 Å². The van der Waals surface area contributed by atoms with Gasteiger partial charge in [0.05, 0.1) is 46.5 Å². The van der Waals surface area contributed by atoms with Crippen LogP contribution < -0.4 is 0 Å². The lowest BCUT2D eigenvalue weighted by Gasteiger charge is -2.24. The Morgan fingerprint density at radius 2 is 0.653 bits per heavy atom. The zero-order valence-electron chi connectivity index (χ0n) is 26.3. The molecule has 0 saturated carbocycles. The van der Waals surface area contributed by atoms with Gasteiger partial charge in [-0.1, -0.05) is 30.3 Å². The van der Waals surface area contributed by atoms with Gasteiger partial charge in [-0.2, -0.15) is 0 Å². The molecule has 5 rings (SSSR count). The number of rotatable bonds is 16. The monoisotopic (exact) mass is 663 g/mol. The Morgan fingerprint density at radius 1 is 0.408 bits per heavy atom. The molecule has 49 heavy (non-hydrogen) atoms. The average Bonchev–Trinajstić information content (AvgIpc) is 3.09. The number of hydrogen-bond donors (Lipinski definition) is 4. The molecule has 0 fully saturated rings. The van der Waals surface area contributed by atoms with E-state index in [2.05, 4.69) is 19.9 Å². The van der Waals surface area contributed by atoms with Gasteiger partial charge in [-0.15, -0.1) is 0 Å². The van der Waals surface area contributed by atoms with Crippen LogP contribution in [0.5, 0.6) is 0 Å². The van der Waals surface area contributed by atoms with Gasteiger partial charge in [-0.25, -0.2) is 29.3 Å². The number of hydrogen-bond acceptors (Lipinski definition) is 11. The van der Waals surface area contributed by atoms with Crippen molar-refractivity contribution in [3.05, 3.63) is 148 Å². The second-order valence-electron chi connectivity index (χ2n) is 11.1. The highest BCUT2D eigenvalue weighted by atomic mass is 16.4. The van der Waals surface area contributed by atoms with Crippen LogP contribution in [0.4, 0.5) is 0 Å². The standard InChI is InChI=1S/C35H33N7O7/c43-22-29-12-2-8-25(37-29)18-41(19-26-9-3-13-30(38-26)33(44)45)16-23-6-1-7-24(36-23)17-42(20-27-10-4-14-31(39-27)34(46)47)21-28-11-5-15-32(40-28)35(48)49/h1-15,43H,16-22H2,(H,44,45)(H,46,47)(H,48,49). The fraction of sp³-hybridized carbons (Fsp3) is 0.200. The molecule has 0 atom stereocenters. The van der Waals surface area contributed by atoms with Crippen LogP contribution in [0.1, 0.15) is 71.3 Å². The number of nitrogens with zero attached hydrogens (tertiary/aromatic N) is 7. The Kier molecular flexibility index (Phi) is 11.4. The summed E-state index contributed by atoms with van der Waals surface area (Å²) in [6.45, 7) is 1.56. The first-order chi connectivity index (χ1) is 23.6. The molecule has 5 aromatic heterocycles. The van der Waals surface area contributed by atoms with Gasteiger partial charge in [0.25, 0.3) is 0 Å². The van der Waals surface area contributed by atoms with Crippen LogP contribution in [0, 0.1) is 0 Å². The van der Waals surface area contributed by atoms with Crippen LogP contribution in [0.15, 0.2) is 91.0 Å². The number of aliphatic hydroxyl groups is 1. The minimum atomic E-state index is -1.15. The zero-order valence-corrected chi connectivity index (χ0v) is 26.3. The maximum absolute atomic E-state index is 11.6. The highest BCUT2D eigenvalue weighted by Gasteiger charge is 2.17. The number of aromatic nitrogens is 5. The Balaban J connectivity index is 1.41. The number of carbonyl (C=O) groups is 3. The van der Waals surface area contributed by atoms with E-state index in [4.69, 9.17) is 4.98 Å². The molecule has 5 heterocycles. The van der Waals surface area contributed by atoms with E-state index < -0.39 is 17.9 Å². The van der Waals surface area contributed by atoms with Gasteiger partial charge >= 0.3 is 17.9 Å². The third kappa shape index (κ3) is 10.0. The summed E-state index contributed by atoms with van der Waals surface area (Å²) in [5, 5.41) is 37.9. The van der Waals surface area contributed by atoms with Crippen LogP contribution in [-0.4, -0.2) is 73.1 Å². The van der Waals surface area contributed by atoms with Crippen molar-refractivity contribution in [3.63, 3.8) is 0 Å². The molecule has 0 spiro atoms. The van der Waals surface area contributed by atoms with E-state index in [9.17, 15) is 34.8 Å². The molecule has 14 nitrogen and oxygen atoms in total. The van der Waals surface area contributed by atoms with Gasteiger partial charge in [0.2, 0.25) is 0 Å². The maximum atomic E-state index is 11.6. The first-order valence-corrected chi connectivity index (χ1v) is 15.2. The number of aliphatic hydroxyl groups excluding tert-OH is 1. The van der Waals surface area contributed by atoms with Crippen LogP contribution in [0.25, 0.3) is 0 Å². The predicted octanol–water partition coefficient (Wildman–Crippen LogP) is 3.65. The fourth-order valence-corrected chi connectivity index (χ4v) is 5.18. The van der Waals surface area contributed by atoms with Crippen molar-refractivity contribution in [1.29, 1.82) is 0 Å². The van der Waals surface area contributed by atoms with E-state index in [1.54, 1.807) is 42.5 Å². The number of aromatic carboxylic acids is 3. The molecule has 0 unspecified atom stereocenters. The Labute approximate surface area is 281 Å². The number of carboxylic acids is 3. The SMILES string of the molecule is O=C(O)c1cccc(CN(Cc2cccc(CO)n2)Cc2cccc(CN(Cc3cccc(C(=O)O)n3)Cc3cccc(C(=O)O)n3)n2)n1. The van der Waals surface area contributed by atoms with Gasteiger partial charge in [0.15, 0.2) is 0 Å². The third-order valence-corrected chi connectivity index (χ3v) is 7.28. The van der Waals surface area contributed by atoms with E-state index in [0.29, 0.717) is 66.0 Å². The molecular weight excluding hydrogens is 630 g/mol. The molecule has 14 heteroatoms. The first kappa shape index (κ1) is 34.4. The van der Waals surface area contributed by atoms with Gasteiger partial charge in [0, 0.05) is 39.3 Å². The zero-order chi connectivity index (χ0) is 34.8. The molecule has 250 valence electrons. The van der Waals surface area contributed by atoms with E-state index in [1.807, 2.05) is 40.1 Å². The van der Waals surface area contributed by atoms with Crippen LogP contribution in [0.3, 0.4) is 0 Å². The van der Waals surface area contributed by atoms with Crippen molar-refractivity contribution >= 4 is 17.9 Å². The minimum Gasteiger partial charge on any atom is -0.477 e. The van der Waals surface area contributed by atoms with Crippen molar-refractivity contribution < 1.29 is 34.8 Å². The largest absolute Gasteiger partial charge is 0.477 e. The van der Waals surface area contributed by atoms with Gasteiger partial charge in [-0.3, -0.25) is 19.8 Å². The summed E-state index contributed by atoms with van der Waals surface area (Å²) in [7, 11) is 0. The summed E-state index contributed by atoms with van der Waals surface area (Å²) in [6.07, 6.45) is 0. The van der Waals surface area contributed by atoms with Gasteiger partial charge < -0.3 is 20.4 Å². The summed E-state index contributed by atoms with van der Waals surface area (Å²) >= 11 is 0. The summed E-state index contributed by atoms with van der Waals surface area (Å²) in [5.74, 6) is -3.42. The minimum absolute atomic E-state index is 0.0650. The van der Waals surface area contributed by atoms with E-state index in [0.717, 1.165) is 0 Å². The number of carboxylic acid groups (broad SMARTS) is 3. The Morgan fingerprint density at radius 3 is 0.939 bits per heavy atom. The van der Waals surface area contributed by atoms with Crippen LogP contribution in [0.2, 0.25) is 0 Å². The summed E-state index contributed by atoms with van der Waals surface area (Å²) < 4.78 is 0. The van der Waals surface area contributed by atoms with Crippen molar-refractivity contribution in [3.8, 4) is 0 Å². The maximum Gasteiger partial charge on any atom is 0.354 e. The normalized spacial score (nSPS) is 11.2. The average molecular weight is 664 g/mol. The second kappa shape index (κ2) is 16.2. The quantitative estimate of drug-likeness (QED) is 0.119. The predicted molar refractivity (Wildman–Crippen MR) is 174 cm³/mol. The van der Waals surface area contributed by atoms with Crippen molar-refractivity contribution in [2.24, 2.45) is 0 Å². The number of pyridine rings is 5. The lowest BCUT2D eigenvalue weighted by Crippen LogP contribution is -2.26. The first-order valence-electron chi connectivity index (χ1n) is 15.2. The molecule has 0 aliphatic carbocycles. The van der Waals surface area contributed by atoms with Crippen LogP contribution in [-0.2, 0) is 45.9 Å². The molecule has 0 aliphatic rings. The smallest absolute Gasteiger partial charge is 0.354 e. The van der Waals surface area contributed by atoms with Gasteiger partial charge in [0.1, 0.15) is 17.1 Å². The molecule has 0 radical (unpaired) electrons. The Bertz CT molecular complexity index is 1900. The van der Waals surface area contributed by atoms with Gasteiger partial charge in [-0.05, 0) is 60.7 Å². The Hall–Kier alpha value is -5.96. The molecule has 0 aromatic carbocycles. The van der Waals surface area contributed by atoms with Crippen molar-refractivity contribution in [2.45, 2.75) is 45.9 Å². The molecule has 0 saturated heterocycles. The van der Waals surface area contributed by atoms with E-state index >= 15 is 0 Å². The van der Waals surface area contributed by atoms with E-state index in [-0.39, 0.29) is 36.8 Å². The van der Waals surface area contributed by atoms with Crippen molar-refractivity contribution in [1.82, 2.24) is 34.7 Å². The summed E-state index contributed by atoms with van der Waals surface area (Å²) in [5.41, 5.74) is 3.94. The molecule has 0 bridgehead atoms. The highest BCUT2D eigenvalue weighted by Crippen LogP contribution is 2.16. The lowest BCUT2D eigenvalue weighted by atomic mass is 10.2.